The van der Waals surface area contributed by atoms with Crippen molar-refractivity contribution in [1.82, 2.24) is 19.8 Å². The smallest absolute Gasteiger partial charge is 0.287 e. The molecule has 0 saturated carbocycles. The van der Waals surface area contributed by atoms with Gasteiger partial charge in [-0.3, -0.25) is 9.69 Å². The molecule has 1 atom stereocenters. The molecule has 8 heteroatoms. The molecule has 8 nitrogen and oxygen atoms in total. The summed E-state index contributed by atoms with van der Waals surface area (Å²) in [5.74, 6) is 0.981. The zero-order valence-electron chi connectivity index (χ0n) is 17.2. The minimum atomic E-state index is -0.161. The highest BCUT2D eigenvalue weighted by Crippen LogP contribution is 2.41. The Morgan fingerprint density at radius 1 is 1.37 bits per heavy atom. The van der Waals surface area contributed by atoms with Crippen LogP contribution in [0.3, 0.4) is 0 Å². The normalized spacial score (nSPS) is 20.3. The average Bonchev–Trinajstić information content (AvgIpc) is 3.17. The third kappa shape index (κ3) is 4.64. The third-order valence-electron chi connectivity index (χ3n) is 5.93. The summed E-state index contributed by atoms with van der Waals surface area (Å²) in [6, 6.07) is 9.91. The van der Waals surface area contributed by atoms with Crippen molar-refractivity contribution in [2.24, 2.45) is 7.05 Å². The van der Waals surface area contributed by atoms with Crippen LogP contribution >= 0.6 is 0 Å². The first-order chi connectivity index (χ1) is 14.6. The predicted octanol–water partition coefficient (Wildman–Crippen LogP) is 1.88. The number of carbonyl (C=O) groups excluding carboxylic acids is 1. The molecule has 2 saturated heterocycles. The molecule has 1 aromatic heterocycles. The van der Waals surface area contributed by atoms with Gasteiger partial charge in [0.25, 0.3) is 5.91 Å². The van der Waals surface area contributed by atoms with Gasteiger partial charge in [-0.05, 0) is 30.5 Å². The van der Waals surface area contributed by atoms with Gasteiger partial charge in [0, 0.05) is 52.0 Å². The summed E-state index contributed by atoms with van der Waals surface area (Å²) >= 11 is 0. The van der Waals surface area contributed by atoms with Crippen LogP contribution in [0.5, 0.6) is 5.75 Å². The van der Waals surface area contributed by atoms with Crippen molar-refractivity contribution in [3.8, 4) is 11.8 Å². The topological polar surface area (TPSA) is 92.4 Å². The van der Waals surface area contributed by atoms with Crippen LogP contribution in [0.1, 0.15) is 35.4 Å². The number of hydrogen-bond acceptors (Lipinski definition) is 6. The number of aromatic nitrogens is 2. The molecule has 0 unspecified atom stereocenters. The van der Waals surface area contributed by atoms with Gasteiger partial charge in [0.1, 0.15) is 11.8 Å². The number of benzene rings is 1. The molecule has 4 rings (SSSR count). The predicted molar refractivity (Wildman–Crippen MR) is 110 cm³/mol. The Kier molecular flexibility index (Phi) is 6.02. The molecule has 2 aromatic rings. The first-order valence-electron chi connectivity index (χ1n) is 10.3. The van der Waals surface area contributed by atoms with E-state index in [4.69, 9.17) is 14.7 Å². The molecule has 1 aromatic carbocycles. The van der Waals surface area contributed by atoms with E-state index in [1.807, 2.05) is 25.2 Å². The van der Waals surface area contributed by atoms with Crippen molar-refractivity contribution in [3.63, 3.8) is 0 Å². The number of aryl methyl sites for hydroxylation is 1. The quantitative estimate of drug-likeness (QED) is 0.751. The maximum absolute atomic E-state index is 12.1. The molecule has 2 aliphatic heterocycles. The Balaban J connectivity index is 1.17. The van der Waals surface area contributed by atoms with Crippen LogP contribution in [-0.2, 0) is 18.3 Å². The lowest BCUT2D eigenvalue weighted by molar-refractivity contribution is -0.222. The second-order valence-corrected chi connectivity index (χ2v) is 8.07. The van der Waals surface area contributed by atoms with E-state index >= 15 is 0 Å². The second-order valence-electron chi connectivity index (χ2n) is 8.07. The Morgan fingerprint density at radius 2 is 2.10 bits per heavy atom. The van der Waals surface area contributed by atoms with E-state index in [1.54, 1.807) is 17.0 Å². The van der Waals surface area contributed by atoms with Crippen molar-refractivity contribution in [2.45, 2.75) is 37.5 Å². The zero-order valence-corrected chi connectivity index (χ0v) is 17.2. The number of amides is 1. The Hall–Kier alpha value is -2.89. The molecule has 1 N–H and O–H groups in total. The number of carbonyl (C=O) groups is 1. The van der Waals surface area contributed by atoms with Gasteiger partial charge in [0.2, 0.25) is 0 Å². The summed E-state index contributed by atoms with van der Waals surface area (Å²) < 4.78 is 13.2. The highest BCUT2D eigenvalue weighted by molar-refractivity contribution is 5.90. The summed E-state index contributed by atoms with van der Waals surface area (Å²) in [5, 5.41) is 11.5. The van der Waals surface area contributed by atoms with Crippen LogP contribution in [0.25, 0.3) is 0 Å². The van der Waals surface area contributed by atoms with Crippen molar-refractivity contribution >= 4 is 5.91 Å². The van der Waals surface area contributed by atoms with Crippen molar-refractivity contribution in [3.05, 3.63) is 48.0 Å². The zero-order chi connectivity index (χ0) is 21.0. The maximum Gasteiger partial charge on any atom is 0.287 e. The summed E-state index contributed by atoms with van der Waals surface area (Å²) in [4.78, 5) is 18.7. The molecular formula is C22H27N5O3. The van der Waals surface area contributed by atoms with Crippen molar-refractivity contribution < 1.29 is 14.3 Å². The van der Waals surface area contributed by atoms with E-state index in [2.05, 4.69) is 27.3 Å². The number of nitriles is 1. The summed E-state index contributed by atoms with van der Waals surface area (Å²) in [6.45, 7) is 3.49. The van der Waals surface area contributed by atoms with Gasteiger partial charge in [-0.2, -0.15) is 5.26 Å². The van der Waals surface area contributed by atoms with Crippen LogP contribution in [0.4, 0.5) is 0 Å². The van der Waals surface area contributed by atoms with Gasteiger partial charge >= 0.3 is 0 Å². The van der Waals surface area contributed by atoms with Gasteiger partial charge in [0.15, 0.2) is 12.4 Å². The summed E-state index contributed by atoms with van der Waals surface area (Å²) in [5.41, 5.74) is 1.21. The number of nitrogens with one attached hydrogen (secondary N) is 1. The summed E-state index contributed by atoms with van der Waals surface area (Å²) in [6.07, 6.45) is 6.48. The Morgan fingerprint density at radius 3 is 2.73 bits per heavy atom. The molecule has 3 heterocycles. The van der Waals surface area contributed by atoms with Crippen LogP contribution in [0.15, 0.2) is 36.7 Å². The molecule has 0 bridgehead atoms. The molecule has 1 spiro atoms. The standard InChI is InChI=1S/C22H27N5O3/c1-26-12-9-24-20(26)21(28)25-15-19-14-22(30-19)6-10-27(11-7-22)16-17-2-4-18(5-3-17)29-13-8-23/h2-5,9,12,19H,6-7,10-11,13-16H2,1H3,(H,25,28)/t19-/m0/s1. The van der Waals surface area contributed by atoms with Crippen LogP contribution < -0.4 is 10.1 Å². The summed E-state index contributed by atoms with van der Waals surface area (Å²) in [7, 11) is 1.81. The fourth-order valence-electron chi connectivity index (χ4n) is 4.25. The number of hydrogen-bond donors (Lipinski definition) is 1. The van der Waals surface area contributed by atoms with Gasteiger partial charge in [0.05, 0.1) is 11.7 Å². The number of likely N-dealkylation sites (tertiary alicyclic amines) is 1. The monoisotopic (exact) mass is 409 g/mol. The van der Waals surface area contributed by atoms with Gasteiger partial charge in [-0.15, -0.1) is 0 Å². The average molecular weight is 409 g/mol. The van der Waals surface area contributed by atoms with Gasteiger partial charge < -0.3 is 19.4 Å². The molecule has 30 heavy (non-hydrogen) atoms. The highest BCUT2D eigenvalue weighted by atomic mass is 16.5. The number of piperidine rings is 1. The van der Waals surface area contributed by atoms with E-state index in [1.165, 1.54) is 5.56 Å². The van der Waals surface area contributed by atoms with Crippen LogP contribution in [-0.4, -0.2) is 58.3 Å². The molecule has 0 radical (unpaired) electrons. The van der Waals surface area contributed by atoms with E-state index in [0.29, 0.717) is 12.4 Å². The van der Waals surface area contributed by atoms with Gasteiger partial charge in [-0.1, -0.05) is 12.1 Å². The number of imidazole rings is 1. The molecule has 2 aliphatic rings. The lowest BCUT2D eigenvalue weighted by Gasteiger charge is -2.52. The first-order valence-corrected chi connectivity index (χ1v) is 10.3. The fourth-order valence-corrected chi connectivity index (χ4v) is 4.25. The van der Waals surface area contributed by atoms with Gasteiger partial charge in [-0.25, -0.2) is 4.98 Å². The lowest BCUT2D eigenvalue weighted by Crippen LogP contribution is -2.59. The number of rotatable bonds is 7. The van der Waals surface area contributed by atoms with Crippen LogP contribution in [0.2, 0.25) is 0 Å². The van der Waals surface area contributed by atoms with E-state index < -0.39 is 0 Å². The lowest BCUT2D eigenvalue weighted by atomic mass is 9.80. The molecule has 2 fully saturated rings. The highest BCUT2D eigenvalue weighted by Gasteiger charge is 2.47. The molecule has 0 aliphatic carbocycles. The number of nitrogens with zero attached hydrogens (tertiary/aromatic N) is 4. The SMILES string of the molecule is Cn1ccnc1C(=O)NC[C@@H]1CC2(CCN(Cc3ccc(OCC#N)cc3)CC2)O1. The largest absolute Gasteiger partial charge is 0.479 e. The minimum absolute atomic E-state index is 0.0237. The second kappa shape index (κ2) is 8.86. The first kappa shape index (κ1) is 20.4. The third-order valence-corrected chi connectivity index (χ3v) is 5.93. The Labute approximate surface area is 176 Å². The fraction of sp³-hybridized carbons (Fsp3) is 0.500. The van der Waals surface area contributed by atoms with E-state index in [0.717, 1.165) is 44.6 Å². The Bertz CT molecular complexity index is 902. The minimum Gasteiger partial charge on any atom is -0.479 e. The van der Waals surface area contributed by atoms with Crippen LogP contribution in [0, 0.1) is 11.3 Å². The molecule has 158 valence electrons. The van der Waals surface area contributed by atoms with Crippen molar-refractivity contribution in [1.29, 1.82) is 5.26 Å². The maximum atomic E-state index is 12.1. The molecule has 1 amide bonds. The molecular weight excluding hydrogens is 382 g/mol. The number of ether oxygens (including phenoxy) is 2. The van der Waals surface area contributed by atoms with E-state index in [-0.39, 0.29) is 24.2 Å². The van der Waals surface area contributed by atoms with Crippen molar-refractivity contribution in [2.75, 3.05) is 26.2 Å². The van der Waals surface area contributed by atoms with E-state index in [9.17, 15) is 4.79 Å².